The highest BCUT2D eigenvalue weighted by Crippen LogP contribution is 2.47. The van der Waals surface area contributed by atoms with Crippen LogP contribution in [0.25, 0.3) is 11.1 Å². The van der Waals surface area contributed by atoms with Gasteiger partial charge in [0.15, 0.2) is 0 Å². The summed E-state index contributed by atoms with van der Waals surface area (Å²) < 4.78 is 33.5. The second-order valence-electron chi connectivity index (χ2n) is 13.8. The van der Waals surface area contributed by atoms with E-state index in [4.69, 9.17) is 9.57 Å². The average molecular weight is 687 g/mol. The third kappa shape index (κ3) is 6.50. The molecule has 3 fully saturated rings. The van der Waals surface area contributed by atoms with Crippen molar-refractivity contribution in [2.24, 2.45) is 22.9 Å². The zero-order valence-corrected chi connectivity index (χ0v) is 28.4. The van der Waals surface area contributed by atoms with E-state index in [0.29, 0.717) is 37.5 Å². The molecule has 11 nitrogen and oxygen atoms in total. The molecule has 0 unspecified atom stereocenters. The number of allylic oxidation sites excluding steroid dienone is 1. The Hall–Kier alpha value is -4.45. The van der Waals surface area contributed by atoms with Gasteiger partial charge in [0, 0.05) is 30.6 Å². The van der Waals surface area contributed by atoms with Crippen LogP contribution in [-0.2, 0) is 29.2 Å². The van der Waals surface area contributed by atoms with Crippen LogP contribution in [-0.4, -0.2) is 73.8 Å². The summed E-state index contributed by atoms with van der Waals surface area (Å²) in [6.45, 7) is 4.75. The second kappa shape index (κ2) is 13.1. The molecule has 7 rings (SSSR count). The molecular weight excluding hydrogens is 644 g/mol. The van der Waals surface area contributed by atoms with Crippen molar-refractivity contribution in [2.75, 3.05) is 20.2 Å². The largest absolute Gasteiger partial charge is 0.490 e. The molecule has 5 aliphatic rings. The number of carbonyl (C=O) groups is 3. The average Bonchev–Trinajstić information content (AvgIpc) is 4.00. The number of nitrogens with one attached hydrogen (secondary N) is 2. The van der Waals surface area contributed by atoms with Gasteiger partial charge in [-0.05, 0) is 80.7 Å². The summed E-state index contributed by atoms with van der Waals surface area (Å²) in [5.74, 6) is -2.66. The zero-order chi connectivity index (χ0) is 34.3. The van der Waals surface area contributed by atoms with Crippen molar-refractivity contribution in [1.82, 2.24) is 14.9 Å². The van der Waals surface area contributed by atoms with Crippen molar-refractivity contribution < 1.29 is 32.4 Å². The standard InChI is InChI=1S/C37H42N4O7S/c1-3-23-22-37(23,36(44)40-49(45,46)26-14-15-26)38-34(42)31-20-25-21-32(31)35(43)41(2)17-9-5-4-6-10-18-47-24-13-16-28-27-11-7-8-12-29(27)33(39-48-25)30(28)19-24/h3,6-8,10-13,16,19,23,25-26,31-32H,1,4-5,9,14-15,17-18,20-22H2,2H3,(H,38,42)(H,40,44)/b10-6+,39-33+/t23-,25+,31+,32+,37+/m0/s1. The fourth-order valence-electron chi connectivity index (χ4n) is 7.34. The molecule has 1 heterocycles. The second-order valence-corrected chi connectivity index (χ2v) is 15.8. The van der Waals surface area contributed by atoms with E-state index in [1.54, 1.807) is 18.0 Å². The minimum atomic E-state index is -3.82. The normalized spacial score (nSPS) is 29.8. The number of benzene rings is 2. The number of oxime groups is 1. The highest BCUT2D eigenvalue weighted by atomic mass is 32.2. The molecule has 2 N–H and O–H groups in total. The summed E-state index contributed by atoms with van der Waals surface area (Å²) in [5, 5.41) is 6.93. The zero-order valence-electron chi connectivity index (χ0n) is 27.6. The number of rotatable bonds is 6. The van der Waals surface area contributed by atoms with Crippen LogP contribution in [0.1, 0.15) is 62.5 Å². The molecule has 0 radical (unpaired) electrons. The molecule has 0 aromatic heterocycles. The minimum absolute atomic E-state index is 0.173. The maximum absolute atomic E-state index is 14.1. The van der Waals surface area contributed by atoms with Crippen LogP contribution >= 0.6 is 0 Å². The van der Waals surface area contributed by atoms with Gasteiger partial charge in [-0.3, -0.25) is 19.1 Å². The summed E-state index contributed by atoms with van der Waals surface area (Å²) in [5.41, 5.74) is 3.04. The molecule has 49 heavy (non-hydrogen) atoms. The first kappa shape index (κ1) is 33.1. The van der Waals surface area contributed by atoms with E-state index in [2.05, 4.69) is 27.8 Å². The van der Waals surface area contributed by atoms with E-state index in [9.17, 15) is 22.8 Å². The van der Waals surface area contributed by atoms with E-state index in [0.717, 1.165) is 41.5 Å². The minimum Gasteiger partial charge on any atom is -0.490 e. The van der Waals surface area contributed by atoms with Crippen molar-refractivity contribution in [3.05, 3.63) is 78.4 Å². The fraction of sp³-hybridized carbons (Fsp3) is 0.459. The summed E-state index contributed by atoms with van der Waals surface area (Å²) in [7, 11) is -2.08. The van der Waals surface area contributed by atoms with Crippen LogP contribution in [0.4, 0.5) is 0 Å². The van der Waals surface area contributed by atoms with E-state index >= 15 is 0 Å². The Kier molecular flexibility index (Phi) is 8.85. The quantitative estimate of drug-likeness (QED) is 0.372. The van der Waals surface area contributed by atoms with Gasteiger partial charge in [0.2, 0.25) is 21.8 Å². The van der Waals surface area contributed by atoms with Crippen molar-refractivity contribution in [3.8, 4) is 16.9 Å². The van der Waals surface area contributed by atoms with Crippen molar-refractivity contribution >= 4 is 33.5 Å². The molecule has 2 aromatic carbocycles. The van der Waals surface area contributed by atoms with E-state index in [1.165, 1.54) is 0 Å². The SMILES string of the molecule is C=C[C@H]1C[C@]1(NC(=O)[C@@H]1C[C@@H]2C[C@H]1C(=O)N(C)CCCC/C=C/COc1ccc3c(c1)/C(=N/O2)c1ccccc1-3)C(=O)NS(=O)(=O)C1CC1. The van der Waals surface area contributed by atoms with Gasteiger partial charge >= 0.3 is 0 Å². The number of fused-ring (bicyclic) bond motifs is 6. The maximum Gasteiger partial charge on any atom is 0.259 e. The Balaban J connectivity index is 1.17. The van der Waals surface area contributed by atoms with E-state index < -0.39 is 56.5 Å². The smallest absolute Gasteiger partial charge is 0.259 e. The fourth-order valence-corrected chi connectivity index (χ4v) is 8.71. The highest BCUT2D eigenvalue weighted by Gasteiger charge is 2.62. The third-order valence-corrected chi connectivity index (χ3v) is 12.3. The summed E-state index contributed by atoms with van der Waals surface area (Å²) in [6.07, 6.45) is 9.28. The number of hydrogen-bond donors (Lipinski definition) is 2. The van der Waals surface area contributed by atoms with Crippen molar-refractivity contribution in [3.63, 3.8) is 0 Å². The first-order valence-corrected chi connectivity index (χ1v) is 18.7. The van der Waals surface area contributed by atoms with Crippen LogP contribution in [0.2, 0.25) is 0 Å². The Morgan fingerprint density at radius 1 is 1.04 bits per heavy atom. The lowest BCUT2D eigenvalue weighted by Crippen LogP contribution is -2.54. The maximum atomic E-state index is 14.1. The lowest BCUT2D eigenvalue weighted by molar-refractivity contribution is -0.140. The van der Waals surface area contributed by atoms with E-state index in [-0.39, 0.29) is 25.2 Å². The Morgan fingerprint density at radius 3 is 2.57 bits per heavy atom. The van der Waals surface area contributed by atoms with Crippen LogP contribution in [0.3, 0.4) is 0 Å². The van der Waals surface area contributed by atoms with Gasteiger partial charge in [0.05, 0.1) is 17.1 Å². The molecule has 5 atom stereocenters. The van der Waals surface area contributed by atoms with Crippen LogP contribution in [0.15, 0.2) is 72.4 Å². The highest BCUT2D eigenvalue weighted by molar-refractivity contribution is 7.91. The first-order chi connectivity index (χ1) is 23.6. The molecule has 3 amide bonds. The molecular formula is C37H42N4O7S. The lowest BCUT2D eigenvalue weighted by atomic mass is 9.93. The van der Waals surface area contributed by atoms with Crippen molar-refractivity contribution in [1.29, 1.82) is 0 Å². The van der Waals surface area contributed by atoms with Gasteiger partial charge in [-0.2, -0.15) is 0 Å². The molecule has 4 aliphatic carbocycles. The van der Waals surface area contributed by atoms with Crippen LogP contribution < -0.4 is 14.8 Å². The number of amides is 3. The molecule has 3 saturated carbocycles. The number of sulfonamides is 1. The first-order valence-electron chi connectivity index (χ1n) is 17.1. The summed E-state index contributed by atoms with van der Waals surface area (Å²) >= 11 is 0. The predicted molar refractivity (Wildman–Crippen MR) is 184 cm³/mol. The summed E-state index contributed by atoms with van der Waals surface area (Å²) in [4.78, 5) is 49.2. The predicted octanol–water partition coefficient (Wildman–Crippen LogP) is 4.08. The molecule has 2 aromatic rings. The molecule has 0 spiro atoms. The van der Waals surface area contributed by atoms with Gasteiger partial charge in [-0.25, -0.2) is 8.42 Å². The van der Waals surface area contributed by atoms with Gasteiger partial charge in [-0.1, -0.05) is 47.6 Å². The van der Waals surface area contributed by atoms with E-state index in [1.807, 2.05) is 48.5 Å². The number of hydrogen-bond acceptors (Lipinski definition) is 8. The summed E-state index contributed by atoms with van der Waals surface area (Å²) in [6, 6.07) is 13.9. The number of nitrogens with zero attached hydrogens (tertiary/aromatic N) is 2. The number of ether oxygens (including phenoxy) is 1. The van der Waals surface area contributed by atoms with Crippen molar-refractivity contribution in [2.45, 2.75) is 68.3 Å². The Morgan fingerprint density at radius 2 is 1.82 bits per heavy atom. The third-order valence-electron chi connectivity index (χ3n) is 10.4. The molecule has 258 valence electrons. The van der Waals surface area contributed by atoms with Gasteiger partial charge in [-0.15, -0.1) is 6.58 Å². The monoisotopic (exact) mass is 686 g/mol. The van der Waals surface area contributed by atoms with Crippen LogP contribution in [0.5, 0.6) is 5.75 Å². The van der Waals surface area contributed by atoms with Gasteiger partial charge in [0.1, 0.15) is 29.7 Å². The van der Waals surface area contributed by atoms with Gasteiger partial charge < -0.3 is 19.8 Å². The molecule has 4 bridgehead atoms. The number of carbonyl (C=O) groups excluding carboxylic acids is 3. The molecule has 12 heteroatoms. The Labute approximate surface area is 286 Å². The topological polar surface area (TPSA) is 143 Å². The van der Waals surface area contributed by atoms with Crippen LogP contribution in [0, 0.1) is 17.8 Å². The molecule has 0 saturated heterocycles. The van der Waals surface area contributed by atoms with Gasteiger partial charge in [0.25, 0.3) is 5.91 Å². The molecule has 1 aliphatic heterocycles. The lowest BCUT2D eigenvalue weighted by Gasteiger charge is -2.26. The Bertz CT molecular complexity index is 1850.